The lowest BCUT2D eigenvalue weighted by Gasteiger charge is -2.31. The molecule has 1 N–H and O–H groups in total. The first-order chi connectivity index (χ1) is 18.2. The largest absolute Gasteiger partial charge is 0.419 e. The second-order valence-electron chi connectivity index (χ2n) is 8.73. The molecule has 1 aliphatic heterocycles. The van der Waals surface area contributed by atoms with Gasteiger partial charge in [0.1, 0.15) is 11.6 Å². The molecule has 0 atom stereocenters. The molecule has 1 aliphatic rings. The lowest BCUT2D eigenvalue weighted by atomic mass is 9.96. The maximum Gasteiger partial charge on any atom is 0.419 e. The van der Waals surface area contributed by atoms with Crippen LogP contribution in [0.25, 0.3) is 0 Å². The van der Waals surface area contributed by atoms with Crippen LogP contribution < -0.4 is 5.32 Å². The maximum atomic E-state index is 14.3. The number of halogens is 9. The zero-order chi connectivity index (χ0) is 28.7. The number of rotatable bonds is 4. The van der Waals surface area contributed by atoms with Crippen LogP contribution in [-0.2, 0) is 36.5 Å². The normalized spacial score (nSPS) is 13.7. The molecule has 3 aromatic carbocycles. The molecule has 0 radical (unpaired) electrons. The molecule has 206 valence electrons. The van der Waals surface area contributed by atoms with Gasteiger partial charge >= 0.3 is 12.4 Å². The Hall–Kier alpha value is -3.67. The number of alkyl halides is 6. The molecule has 0 saturated heterocycles. The Balaban J connectivity index is 1.52. The summed E-state index contributed by atoms with van der Waals surface area (Å²) >= 11 is 6.23. The van der Waals surface area contributed by atoms with E-state index < -0.39 is 64.5 Å². The molecule has 0 aliphatic carbocycles. The van der Waals surface area contributed by atoms with E-state index >= 15 is 0 Å². The molecule has 3 aromatic rings. The van der Waals surface area contributed by atoms with Crippen molar-refractivity contribution in [3.8, 4) is 0 Å². The van der Waals surface area contributed by atoms with Crippen LogP contribution in [-0.4, -0.2) is 23.3 Å². The van der Waals surface area contributed by atoms with Gasteiger partial charge in [-0.3, -0.25) is 9.59 Å². The minimum Gasteiger partial charge on any atom is -0.334 e. The van der Waals surface area contributed by atoms with Crippen LogP contribution in [0.1, 0.15) is 38.2 Å². The van der Waals surface area contributed by atoms with Gasteiger partial charge in [-0.2, -0.15) is 26.3 Å². The smallest absolute Gasteiger partial charge is 0.334 e. The van der Waals surface area contributed by atoms with Crippen molar-refractivity contribution in [1.82, 2.24) is 4.90 Å². The van der Waals surface area contributed by atoms with Crippen molar-refractivity contribution in [2.24, 2.45) is 0 Å². The van der Waals surface area contributed by atoms with Crippen LogP contribution in [0.2, 0.25) is 5.02 Å². The van der Waals surface area contributed by atoms with Crippen molar-refractivity contribution in [2.75, 3.05) is 11.9 Å². The molecule has 4 nitrogen and oxygen atoms in total. The predicted octanol–water partition coefficient (Wildman–Crippen LogP) is 7.04. The number of carbonyl (C=O) groups excluding carboxylic acids is 2. The number of hydrogen-bond acceptors (Lipinski definition) is 2. The molecule has 2 amide bonds. The number of fused-ring (bicyclic) bond motifs is 1. The van der Waals surface area contributed by atoms with E-state index in [1.807, 2.05) is 0 Å². The summed E-state index contributed by atoms with van der Waals surface area (Å²) in [6.07, 6.45) is -10.3. The molecule has 0 bridgehead atoms. The Bertz CT molecular complexity index is 1450. The standard InChI is InChI=1S/C26H17ClF8N2O2/c27-19-7-4-14-12-37(24(39)17-6-5-15(11-20(17)28)25(30,31)32)9-8-16(14)23(19)36-21(38)10-13-2-1-3-18(22(13)29)26(33,34)35/h1-7,11H,8-10,12H2,(H,36,38). The third kappa shape index (κ3) is 6.00. The van der Waals surface area contributed by atoms with Crippen molar-refractivity contribution in [3.05, 3.63) is 98.6 Å². The van der Waals surface area contributed by atoms with Gasteiger partial charge in [-0.25, -0.2) is 8.78 Å². The van der Waals surface area contributed by atoms with E-state index in [0.29, 0.717) is 23.3 Å². The molecule has 0 fully saturated rings. The van der Waals surface area contributed by atoms with Crippen molar-refractivity contribution in [3.63, 3.8) is 0 Å². The number of nitrogens with one attached hydrogen (secondary N) is 1. The first-order valence-corrected chi connectivity index (χ1v) is 11.7. The number of anilines is 1. The third-order valence-electron chi connectivity index (χ3n) is 6.17. The Morgan fingerprint density at radius 1 is 0.949 bits per heavy atom. The fourth-order valence-electron chi connectivity index (χ4n) is 4.26. The molecule has 39 heavy (non-hydrogen) atoms. The number of amides is 2. The molecule has 0 saturated carbocycles. The van der Waals surface area contributed by atoms with E-state index in [1.54, 1.807) is 6.07 Å². The summed E-state index contributed by atoms with van der Waals surface area (Å²) in [6, 6.07) is 7.14. The molecule has 0 unspecified atom stereocenters. The van der Waals surface area contributed by atoms with E-state index in [-0.39, 0.29) is 36.3 Å². The quantitative estimate of drug-likeness (QED) is 0.339. The van der Waals surface area contributed by atoms with Gasteiger partial charge in [-0.1, -0.05) is 29.8 Å². The number of carbonyl (C=O) groups is 2. The molecule has 0 spiro atoms. The molecule has 4 rings (SSSR count). The fourth-order valence-corrected chi connectivity index (χ4v) is 4.49. The van der Waals surface area contributed by atoms with Gasteiger partial charge in [0.05, 0.1) is 33.8 Å². The van der Waals surface area contributed by atoms with Crippen LogP contribution in [0.5, 0.6) is 0 Å². The third-order valence-corrected chi connectivity index (χ3v) is 6.48. The summed E-state index contributed by atoms with van der Waals surface area (Å²) in [5.74, 6) is -4.57. The minimum absolute atomic E-state index is 0.00222. The van der Waals surface area contributed by atoms with Crippen LogP contribution in [0.4, 0.5) is 40.8 Å². The Morgan fingerprint density at radius 3 is 2.31 bits per heavy atom. The van der Waals surface area contributed by atoms with E-state index in [1.165, 1.54) is 11.0 Å². The van der Waals surface area contributed by atoms with Crippen LogP contribution in [0.3, 0.4) is 0 Å². The zero-order valence-corrected chi connectivity index (χ0v) is 20.4. The van der Waals surface area contributed by atoms with Gasteiger partial charge < -0.3 is 10.2 Å². The van der Waals surface area contributed by atoms with Crippen molar-refractivity contribution >= 4 is 29.1 Å². The summed E-state index contributed by atoms with van der Waals surface area (Å²) in [4.78, 5) is 26.7. The average molecular weight is 577 g/mol. The van der Waals surface area contributed by atoms with Gasteiger partial charge in [0.25, 0.3) is 5.91 Å². The lowest BCUT2D eigenvalue weighted by Crippen LogP contribution is -2.37. The van der Waals surface area contributed by atoms with Crippen LogP contribution >= 0.6 is 11.6 Å². The van der Waals surface area contributed by atoms with Crippen molar-refractivity contribution < 1.29 is 44.7 Å². The molecular formula is C26H17ClF8N2O2. The molecular weight excluding hydrogens is 560 g/mol. The van der Waals surface area contributed by atoms with Crippen LogP contribution in [0, 0.1) is 11.6 Å². The number of benzene rings is 3. The highest BCUT2D eigenvalue weighted by atomic mass is 35.5. The SMILES string of the molecule is O=C(Cc1cccc(C(F)(F)F)c1F)Nc1c(Cl)ccc2c1CCN(C(=O)c1ccc(C(F)(F)F)cc1F)C2. The fraction of sp³-hybridized carbons (Fsp3) is 0.231. The Kier molecular flexibility index (Phi) is 7.61. The van der Waals surface area contributed by atoms with Gasteiger partial charge in [0.2, 0.25) is 5.91 Å². The minimum atomic E-state index is -4.94. The maximum absolute atomic E-state index is 14.3. The summed E-state index contributed by atoms with van der Waals surface area (Å²) < 4.78 is 106. The highest BCUT2D eigenvalue weighted by molar-refractivity contribution is 6.34. The van der Waals surface area contributed by atoms with E-state index in [4.69, 9.17) is 11.6 Å². The van der Waals surface area contributed by atoms with Gasteiger partial charge in [-0.05, 0) is 53.4 Å². The van der Waals surface area contributed by atoms with Crippen molar-refractivity contribution in [1.29, 1.82) is 0 Å². The average Bonchev–Trinajstić information content (AvgIpc) is 2.85. The molecule has 1 heterocycles. The first-order valence-electron chi connectivity index (χ1n) is 11.3. The zero-order valence-electron chi connectivity index (χ0n) is 19.6. The Morgan fingerprint density at radius 2 is 1.67 bits per heavy atom. The molecule has 0 aromatic heterocycles. The van der Waals surface area contributed by atoms with Crippen LogP contribution in [0.15, 0.2) is 48.5 Å². The lowest BCUT2D eigenvalue weighted by molar-refractivity contribution is -0.140. The van der Waals surface area contributed by atoms with E-state index in [2.05, 4.69) is 5.32 Å². The second kappa shape index (κ2) is 10.5. The Labute approximate surface area is 221 Å². The first kappa shape index (κ1) is 28.3. The summed E-state index contributed by atoms with van der Waals surface area (Å²) in [5.41, 5.74) is -2.64. The summed E-state index contributed by atoms with van der Waals surface area (Å²) in [6.45, 7) is -0.0886. The number of nitrogens with zero attached hydrogens (tertiary/aromatic N) is 1. The summed E-state index contributed by atoms with van der Waals surface area (Å²) in [7, 11) is 0. The van der Waals surface area contributed by atoms with E-state index in [9.17, 15) is 44.7 Å². The molecule has 13 heteroatoms. The number of hydrogen-bond donors (Lipinski definition) is 1. The second-order valence-corrected chi connectivity index (χ2v) is 9.14. The highest BCUT2D eigenvalue weighted by Gasteiger charge is 2.35. The summed E-state index contributed by atoms with van der Waals surface area (Å²) in [5, 5.41) is 2.57. The van der Waals surface area contributed by atoms with Gasteiger partial charge in [0, 0.05) is 13.1 Å². The van der Waals surface area contributed by atoms with Crippen molar-refractivity contribution in [2.45, 2.75) is 31.7 Å². The highest BCUT2D eigenvalue weighted by Crippen LogP contribution is 2.35. The van der Waals surface area contributed by atoms with Gasteiger partial charge in [0.15, 0.2) is 0 Å². The topological polar surface area (TPSA) is 49.4 Å². The monoisotopic (exact) mass is 576 g/mol. The van der Waals surface area contributed by atoms with Gasteiger partial charge in [-0.15, -0.1) is 0 Å². The predicted molar refractivity (Wildman–Crippen MR) is 125 cm³/mol. The van der Waals surface area contributed by atoms with E-state index in [0.717, 1.165) is 18.2 Å².